The molecule has 1 aromatic carbocycles. The number of nitrogens with zero attached hydrogens (tertiary/aromatic N) is 1. The Bertz CT molecular complexity index is 317. The van der Waals surface area contributed by atoms with Crippen molar-refractivity contribution in [2.45, 2.75) is 25.3 Å². The number of phenolic OH excluding ortho intramolecular Hbond substituents is 1. The van der Waals surface area contributed by atoms with Crippen LogP contribution in [0.1, 0.15) is 19.3 Å². The van der Waals surface area contributed by atoms with Crippen molar-refractivity contribution in [2.24, 2.45) is 0 Å². The fraction of sp³-hybridized carbons (Fsp3) is 0.538. The first-order valence-corrected chi connectivity index (χ1v) is 5.99. The van der Waals surface area contributed by atoms with Crippen LogP contribution in [0, 0.1) is 0 Å². The number of anilines is 1. The van der Waals surface area contributed by atoms with Crippen LogP contribution in [0.5, 0.6) is 5.75 Å². The fourth-order valence-electron chi connectivity index (χ4n) is 2.22. The van der Waals surface area contributed by atoms with Crippen LogP contribution in [0.15, 0.2) is 24.3 Å². The van der Waals surface area contributed by atoms with Crippen LogP contribution in [0.4, 0.5) is 5.69 Å². The van der Waals surface area contributed by atoms with E-state index in [1.54, 1.807) is 12.1 Å². The molecule has 1 heterocycles. The molecule has 16 heavy (non-hydrogen) atoms. The number of nitrogens with one attached hydrogen (secondary N) is 1. The van der Waals surface area contributed by atoms with Gasteiger partial charge in [-0.25, -0.2) is 0 Å². The summed E-state index contributed by atoms with van der Waals surface area (Å²) >= 11 is 0. The smallest absolute Gasteiger partial charge is 0.115 e. The topological polar surface area (TPSA) is 35.5 Å². The minimum atomic E-state index is 0.327. The summed E-state index contributed by atoms with van der Waals surface area (Å²) in [5.41, 5.74) is 1.16. The lowest BCUT2D eigenvalue weighted by atomic mass is 10.0. The molecule has 1 aliphatic heterocycles. The number of aromatic hydroxyl groups is 1. The average molecular weight is 220 g/mol. The Labute approximate surface area is 97.1 Å². The number of benzene rings is 1. The van der Waals surface area contributed by atoms with Crippen molar-refractivity contribution in [3.63, 3.8) is 0 Å². The molecule has 1 fully saturated rings. The van der Waals surface area contributed by atoms with Crippen molar-refractivity contribution in [1.82, 2.24) is 5.32 Å². The summed E-state index contributed by atoms with van der Waals surface area (Å²) in [6.45, 7) is 2.18. The summed E-state index contributed by atoms with van der Waals surface area (Å²) in [5, 5.41) is 12.8. The number of piperidine rings is 1. The third kappa shape index (κ3) is 2.89. The van der Waals surface area contributed by atoms with Crippen molar-refractivity contribution < 1.29 is 5.11 Å². The molecule has 0 aromatic heterocycles. The molecular formula is C13H20N2O. The van der Waals surface area contributed by atoms with Gasteiger partial charge in [0.25, 0.3) is 0 Å². The van der Waals surface area contributed by atoms with E-state index < -0.39 is 0 Å². The monoisotopic (exact) mass is 220 g/mol. The van der Waals surface area contributed by atoms with Gasteiger partial charge in [-0.2, -0.15) is 0 Å². The number of likely N-dealkylation sites (N-methyl/N-ethyl adjacent to an activating group) is 1. The van der Waals surface area contributed by atoms with Gasteiger partial charge in [0.05, 0.1) is 0 Å². The second-order valence-corrected chi connectivity index (χ2v) is 4.54. The standard InChI is InChI=1S/C13H20N2O/c1-15(10-11-4-2-3-9-14-11)12-5-7-13(16)8-6-12/h5-8,11,14,16H,2-4,9-10H2,1H3. The van der Waals surface area contributed by atoms with Crippen molar-refractivity contribution in [3.05, 3.63) is 24.3 Å². The lowest BCUT2D eigenvalue weighted by molar-refractivity contribution is 0.403. The summed E-state index contributed by atoms with van der Waals surface area (Å²) in [6.07, 6.45) is 3.91. The molecule has 0 amide bonds. The van der Waals surface area contributed by atoms with E-state index in [-0.39, 0.29) is 0 Å². The van der Waals surface area contributed by atoms with Gasteiger partial charge in [-0.15, -0.1) is 0 Å². The van der Waals surface area contributed by atoms with Crippen LogP contribution in [0.2, 0.25) is 0 Å². The van der Waals surface area contributed by atoms with Crippen LogP contribution in [-0.4, -0.2) is 31.3 Å². The van der Waals surface area contributed by atoms with Gasteiger partial charge in [0.15, 0.2) is 0 Å². The zero-order valence-electron chi connectivity index (χ0n) is 9.82. The highest BCUT2D eigenvalue weighted by Crippen LogP contribution is 2.18. The first-order valence-electron chi connectivity index (χ1n) is 5.99. The minimum absolute atomic E-state index is 0.327. The van der Waals surface area contributed by atoms with Crippen molar-refractivity contribution in [3.8, 4) is 5.75 Å². The van der Waals surface area contributed by atoms with Gasteiger partial charge in [-0.1, -0.05) is 6.42 Å². The molecule has 88 valence electrons. The molecule has 1 unspecified atom stereocenters. The quantitative estimate of drug-likeness (QED) is 0.817. The van der Waals surface area contributed by atoms with Gasteiger partial charge in [-0.3, -0.25) is 0 Å². The minimum Gasteiger partial charge on any atom is -0.508 e. The van der Waals surface area contributed by atoms with Crippen LogP contribution in [-0.2, 0) is 0 Å². The maximum absolute atomic E-state index is 9.23. The van der Waals surface area contributed by atoms with Crippen molar-refractivity contribution in [1.29, 1.82) is 0 Å². The second kappa shape index (κ2) is 5.21. The highest BCUT2D eigenvalue weighted by Gasteiger charge is 2.14. The molecule has 3 heteroatoms. The zero-order chi connectivity index (χ0) is 11.4. The van der Waals surface area contributed by atoms with Crippen molar-refractivity contribution in [2.75, 3.05) is 25.0 Å². The van der Waals surface area contributed by atoms with E-state index in [1.165, 1.54) is 19.3 Å². The maximum atomic E-state index is 9.23. The summed E-state index contributed by atoms with van der Waals surface area (Å²) in [5.74, 6) is 0.327. The molecule has 2 N–H and O–H groups in total. The fourth-order valence-corrected chi connectivity index (χ4v) is 2.22. The predicted molar refractivity (Wildman–Crippen MR) is 67.0 cm³/mol. The van der Waals surface area contributed by atoms with Crippen molar-refractivity contribution >= 4 is 5.69 Å². The van der Waals surface area contributed by atoms with Gasteiger partial charge >= 0.3 is 0 Å². The Balaban J connectivity index is 1.91. The van der Waals surface area contributed by atoms with Gasteiger partial charge < -0.3 is 15.3 Å². The molecule has 2 rings (SSSR count). The Morgan fingerprint density at radius 1 is 1.31 bits per heavy atom. The van der Waals surface area contributed by atoms with Gasteiger partial charge in [0, 0.05) is 25.3 Å². The lowest BCUT2D eigenvalue weighted by Gasteiger charge is -2.29. The normalized spacial score (nSPS) is 20.7. The Morgan fingerprint density at radius 2 is 2.06 bits per heavy atom. The molecule has 1 saturated heterocycles. The van der Waals surface area contributed by atoms with E-state index in [9.17, 15) is 5.11 Å². The largest absolute Gasteiger partial charge is 0.508 e. The summed E-state index contributed by atoms with van der Waals surface area (Å²) in [7, 11) is 2.10. The molecule has 1 aliphatic rings. The van der Waals surface area contributed by atoms with Gasteiger partial charge in [0.2, 0.25) is 0 Å². The van der Waals surface area contributed by atoms with Gasteiger partial charge in [-0.05, 0) is 43.7 Å². The van der Waals surface area contributed by atoms with Crippen LogP contribution < -0.4 is 10.2 Å². The molecule has 0 bridgehead atoms. The molecule has 0 aliphatic carbocycles. The number of hydrogen-bond donors (Lipinski definition) is 2. The van der Waals surface area contributed by atoms with E-state index in [0.29, 0.717) is 11.8 Å². The maximum Gasteiger partial charge on any atom is 0.115 e. The lowest BCUT2D eigenvalue weighted by Crippen LogP contribution is -2.42. The second-order valence-electron chi connectivity index (χ2n) is 4.54. The molecule has 1 atom stereocenters. The SMILES string of the molecule is CN(CC1CCCCN1)c1ccc(O)cc1. The first-order chi connectivity index (χ1) is 7.75. The Morgan fingerprint density at radius 3 is 2.69 bits per heavy atom. The average Bonchev–Trinajstić information content (AvgIpc) is 2.31. The first kappa shape index (κ1) is 11.3. The molecule has 1 aromatic rings. The molecule has 3 nitrogen and oxygen atoms in total. The third-order valence-electron chi connectivity index (χ3n) is 3.20. The predicted octanol–water partition coefficient (Wildman–Crippen LogP) is 1.97. The van der Waals surface area contributed by atoms with E-state index in [1.807, 2.05) is 12.1 Å². The van der Waals surface area contributed by atoms with E-state index in [4.69, 9.17) is 0 Å². The van der Waals surface area contributed by atoms with Crippen LogP contribution >= 0.6 is 0 Å². The summed E-state index contributed by atoms with van der Waals surface area (Å²) in [4.78, 5) is 2.24. The van der Waals surface area contributed by atoms with E-state index >= 15 is 0 Å². The highest BCUT2D eigenvalue weighted by molar-refractivity contribution is 5.48. The molecule has 0 radical (unpaired) electrons. The number of rotatable bonds is 3. The highest BCUT2D eigenvalue weighted by atomic mass is 16.3. The van der Waals surface area contributed by atoms with E-state index in [0.717, 1.165) is 18.8 Å². The molecule has 0 spiro atoms. The van der Waals surface area contributed by atoms with Crippen LogP contribution in [0.25, 0.3) is 0 Å². The number of phenols is 1. The van der Waals surface area contributed by atoms with E-state index in [2.05, 4.69) is 17.3 Å². The van der Waals surface area contributed by atoms with Gasteiger partial charge in [0.1, 0.15) is 5.75 Å². The number of hydrogen-bond acceptors (Lipinski definition) is 3. The summed E-state index contributed by atoms with van der Waals surface area (Å²) < 4.78 is 0. The Hall–Kier alpha value is -1.22. The zero-order valence-corrected chi connectivity index (χ0v) is 9.82. The Kier molecular flexibility index (Phi) is 3.67. The molecule has 0 saturated carbocycles. The summed E-state index contributed by atoms with van der Waals surface area (Å²) in [6, 6.07) is 7.99. The molecular weight excluding hydrogens is 200 g/mol. The van der Waals surface area contributed by atoms with Crippen LogP contribution in [0.3, 0.4) is 0 Å². The third-order valence-corrected chi connectivity index (χ3v) is 3.20.